The summed E-state index contributed by atoms with van der Waals surface area (Å²) in [7, 11) is 0. The van der Waals surface area contributed by atoms with Gasteiger partial charge >= 0.3 is 0 Å². The number of nitrogens with zero attached hydrogens (tertiary/aromatic N) is 2. The Kier molecular flexibility index (Phi) is 8.67. The Morgan fingerprint density at radius 3 is 2.52 bits per heavy atom. The zero-order chi connectivity index (χ0) is 19.6. The maximum atomic E-state index is 6.10. The van der Waals surface area contributed by atoms with Crippen LogP contribution in [0.3, 0.4) is 0 Å². The van der Waals surface area contributed by atoms with Gasteiger partial charge in [0, 0.05) is 33.6 Å². The van der Waals surface area contributed by atoms with Crippen molar-refractivity contribution in [3.63, 3.8) is 0 Å². The Morgan fingerprint density at radius 1 is 1.11 bits per heavy atom. The lowest BCUT2D eigenvalue weighted by molar-refractivity contribution is 0.313. The van der Waals surface area contributed by atoms with E-state index in [0.717, 1.165) is 12.2 Å². The molecule has 2 aromatic rings. The summed E-state index contributed by atoms with van der Waals surface area (Å²) in [5.74, 6) is 0.905. The molecule has 1 unspecified atom stereocenters. The van der Waals surface area contributed by atoms with Crippen molar-refractivity contribution >= 4 is 47.1 Å². The van der Waals surface area contributed by atoms with E-state index in [-0.39, 0.29) is 5.96 Å². The van der Waals surface area contributed by atoms with Gasteiger partial charge in [0.15, 0.2) is 5.96 Å². The van der Waals surface area contributed by atoms with Crippen molar-refractivity contribution in [1.82, 2.24) is 5.32 Å². The molecule has 0 heterocycles. The first kappa shape index (κ1) is 21.3. The topological polar surface area (TPSA) is 98.0 Å². The van der Waals surface area contributed by atoms with Gasteiger partial charge in [-0.05, 0) is 36.4 Å². The lowest BCUT2D eigenvalue weighted by atomic mass is 10.2. The van der Waals surface area contributed by atoms with E-state index < -0.39 is 6.17 Å². The molecule has 2 rings (SSSR count). The minimum absolute atomic E-state index is 0.134. The van der Waals surface area contributed by atoms with Crippen LogP contribution in [0, 0.1) is 0 Å². The monoisotopic (exact) mass is 427 g/mol. The van der Waals surface area contributed by atoms with E-state index >= 15 is 0 Å². The van der Waals surface area contributed by atoms with E-state index in [1.807, 2.05) is 12.1 Å². The third kappa shape index (κ3) is 7.64. The smallest absolute Gasteiger partial charge is 0.195 e. The molecular weight excluding hydrogens is 409 g/mol. The molecule has 0 amide bonds. The van der Waals surface area contributed by atoms with Gasteiger partial charge in [-0.1, -0.05) is 40.9 Å². The standard InChI is InChI=1S/C18H20Cl3N5O/c19-12-2-5-14(6-3-12)27-9-1-8-24-11-25-18(23)26-17(22)15-7-4-13(20)10-16(15)21/h2-7,10-11,17H,1,8-9,22H2,(H3,23,24,25,26). The number of aliphatic imine (C=N–C) groups is 2. The fraction of sp³-hybridized carbons (Fsp3) is 0.222. The van der Waals surface area contributed by atoms with Crippen molar-refractivity contribution in [2.45, 2.75) is 12.6 Å². The van der Waals surface area contributed by atoms with Crippen LogP contribution in [-0.4, -0.2) is 25.4 Å². The van der Waals surface area contributed by atoms with Gasteiger partial charge in [0.1, 0.15) is 11.9 Å². The maximum absolute atomic E-state index is 6.10. The zero-order valence-corrected chi connectivity index (χ0v) is 16.7. The molecule has 0 aromatic heterocycles. The summed E-state index contributed by atoms with van der Waals surface area (Å²) >= 11 is 17.8. The molecule has 0 aliphatic rings. The van der Waals surface area contributed by atoms with Gasteiger partial charge in [0.25, 0.3) is 0 Å². The maximum Gasteiger partial charge on any atom is 0.195 e. The summed E-state index contributed by atoms with van der Waals surface area (Å²) < 4.78 is 5.57. The van der Waals surface area contributed by atoms with Crippen LogP contribution < -0.4 is 21.5 Å². The first-order chi connectivity index (χ1) is 13.0. The van der Waals surface area contributed by atoms with Crippen molar-refractivity contribution in [2.24, 2.45) is 21.5 Å². The van der Waals surface area contributed by atoms with Gasteiger partial charge in [0.2, 0.25) is 0 Å². The van der Waals surface area contributed by atoms with E-state index in [2.05, 4.69) is 15.3 Å². The van der Waals surface area contributed by atoms with Gasteiger partial charge < -0.3 is 21.5 Å². The summed E-state index contributed by atoms with van der Waals surface area (Å²) in [5.41, 5.74) is 12.4. The highest BCUT2D eigenvalue weighted by molar-refractivity contribution is 6.35. The van der Waals surface area contributed by atoms with E-state index in [1.54, 1.807) is 30.3 Å². The van der Waals surface area contributed by atoms with Crippen molar-refractivity contribution in [3.05, 3.63) is 63.1 Å². The number of hydrogen-bond acceptors (Lipinski definition) is 4. The highest BCUT2D eigenvalue weighted by Crippen LogP contribution is 2.25. The predicted molar refractivity (Wildman–Crippen MR) is 113 cm³/mol. The molecule has 0 saturated heterocycles. The average Bonchev–Trinajstić information content (AvgIpc) is 2.62. The second-order valence-corrected chi connectivity index (χ2v) is 6.74. The first-order valence-corrected chi connectivity index (χ1v) is 9.26. The normalized spacial score (nSPS) is 13.0. The molecule has 0 fully saturated rings. The summed E-state index contributed by atoms with van der Waals surface area (Å²) in [6.07, 6.45) is 1.51. The molecule has 0 spiro atoms. The Balaban J connectivity index is 1.70. The molecule has 1 atom stereocenters. The fourth-order valence-electron chi connectivity index (χ4n) is 2.05. The third-order valence-corrected chi connectivity index (χ3v) is 4.19. The van der Waals surface area contributed by atoms with Crippen LogP contribution in [0.1, 0.15) is 18.2 Å². The second-order valence-electron chi connectivity index (χ2n) is 5.46. The predicted octanol–water partition coefficient (Wildman–Crippen LogP) is 4.01. The number of rotatable bonds is 8. The molecule has 6 nitrogen and oxygen atoms in total. The summed E-state index contributed by atoms with van der Waals surface area (Å²) in [4.78, 5) is 8.31. The van der Waals surface area contributed by atoms with Crippen LogP contribution in [0.5, 0.6) is 5.75 Å². The molecule has 0 radical (unpaired) electrons. The number of ether oxygens (including phenoxy) is 1. The molecule has 5 N–H and O–H groups in total. The molecule has 0 aliphatic heterocycles. The van der Waals surface area contributed by atoms with Gasteiger partial charge in [-0.3, -0.25) is 4.99 Å². The van der Waals surface area contributed by atoms with E-state index in [4.69, 9.17) is 51.0 Å². The molecular formula is C18H20Cl3N5O. The van der Waals surface area contributed by atoms with Crippen LogP contribution >= 0.6 is 34.8 Å². The van der Waals surface area contributed by atoms with E-state index in [9.17, 15) is 0 Å². The minimum Gasteiger partial charge on any atom is -0.494 e. The second kappa shape index (κ2) is 11.0. The number of benzene rings is 2. The van der Waals surface area contributed by atoms with Crippen molar-refractivity contribution in [3.8, 4) is 5.75 Å². The van der Waals surface area contributed by atoms with Crippen molar-refractivity contribution < 1.29 is 4.74 Å². The largest absolute Gasteiger partial charge is 0.494 e. The first-order valence-electron chi connectivity index (χ1n) is 8.12. The van der Waals surface area contributed by atoms with E-state index in [1.165, 1.54) is 6.34 Å². The molecule has 9 heteroatoms. The number of nitrogens with two attached hydrogens (primary N) is 2. The van der Waals surface area contributed by atoms with Gasteiger partial charge in [-0.2, -0.15) is 0 Å². The van der Waals surface area contributed by atoms with E-state index in [0.29, 0.717) is 33.8 Å². The SMILES string of the molecule is N/C(=N/C(N)c1ccc(Cl)cc1Cl)NC=NCCCOc1ccc(Cl)cc1. The number of halogens is 3. The average molecular weight is 429 g/mol. The minimum atomic E-state index is -0.705. The highest BCUT2D eigenvalue weighted by atomic mass is 35.5. The number of hydrogen-bond donors (Lipinski definition) is 3. The molecule has 144 valence electrons. The van der Waals surface area contributed by atoms with Crippen LogP contribution in [0.4, 0.5) is 0 Å². The highest BCUT2D eigenvalue weighted by Gasteiger charge is 2.09. The quantitative estimate of drug-likeness (QED) is 0.336. The van der Waals surface area contributed by atoms with Gasteiger partial charge in [0.05, 0.1) is 12.9 Å². The lowest BCUT2D eigenvalue weighted by Gasteiger charge is -2.10. The number of guanidine groups is 1. The molecule has 2 aromatic carbocycles. The zero-order valence-electron chi connectivity index (χ0n) is 14.4. The van der Waals surface area contributed by atoms with Gasteiger partial charge in [-0.15, -0.1) is 0 Å². The molecule has 0 aliphatic carbocycles. The lowest BCUT2D eigenvalue weighted by Crippen LogP contribution is -2.32. The molecule has 0 bridgehead atoms. The Morgan fingerprint density at radius 2 is 1.81 bits per heavy atom. The summed E-state index contributed by atoms with van der Waals surface area (Å²) in [6, 6.07) is 12.2. The summed E-state index contributed by atoms with van der Waals surface area (Å²) in [5, 5.41) is 4.39. The van der Waals surface area contributed by atoms with Crippen LogP contribution in [0.25, 0.3) is 0 Å². The third-order valence-electron chi connectivity index (χ3n) is 3.38. The Hall–Kier alpha value is -1.99. The van der Waals surface area contributed by atoms with Crippen LogP contribution in [0.15, 0.2) is 52.4 Å². The molecule has 27 heavy (non-hydrogen) atoms. The summed E-state index contributed by atoms with van der Waals surface area (Å²) in [6.45, 7) is 1.12. The molecule has 0 saturated carbocycles. The van der Waals surface area contributed by atoms with Gasteiger partial charge in [-0.25, -0.2) is 4.99 Å². The van der Waals surface area contributed by atoms with Crippen molar-refractivity contribution in [2.75, 3.05) is 13.2 Å². The van der Waals surface area contributed by atoms with Crippen LogP contribution in [-0.2, 0) is 0 Å². The van der Waals surface area contributed by atoms with Crippen molar-refractivity contribution in [1.29, 1.82) is 0 Å². The Bertz CT molecular complexity index is 796. The number of nitrogens with one attached hydrogen (secondary N) is 1. The van der Waals surface area contributed by atoms with Crippen LogP contribution in [0.2, 0.25) is 15.1 Å². The fourth-order valence-corrected chi connectivity index (χ4v) is 2.70. The Labute approximate surface area is 173 Å².